The molecule has 0 radical (unpaired) electrons. The summed E-state index contributed by atoms with van der Waals surface area (Å²) in [6.07, 6.45) is 2.68. The molecule has 104 valence electrons. The number of amides is 1. The second-order valence-corrected chi connectivity index (χ2v) is 4.74. The highest BCUT2D eigenvalue weighted by molar-refractivity contribution is 7.09. The molecule has 0 spiro atoms. The molecular formula is C12H10FN3O3S. The molecule has 0 aromatic carbocycles. The van der Waals surface area contributed by atoms with Crippen molar-refractivity contribution < 1.29 is 19.1 Å². The van der Waals surface area contributed by atoms with Crippen LogP contribution in [0.3, 0.4) is 0 Å². The molecular weight excluding hydrogens is 285 g/mol. The number of carbonyl (C=O) groups is 2. The molecule has 0 atom stereocenters. The maximum absolute atomic E-state index is 13.3. The zero-order valence-corrected chi connectivity index (χ0v) is 11.0. The van der Waals surface area contributed by atoms with E-state index in [2.05, 4.69) is 15.3 Å². The van der Waals surface area contributed by atoms with Gasteiger partial charge in [0.1, 0.15) is 0 Å². The maximum Gasteiger partial charge on any atom is 0.355 e. The number of nitrogens with zero attached hydrogens (tertiary/aromatic N) is 2. The van der Waals surface area contributed by atoms with E-state index in [4.69, 9.17) is 5.11 Å². The van der Waals surface area contributed by atoms with Gasteiger partial charge in [-0.15, -0.1) is 11.3 Å². The van der Waals surface area contributed by atoms with E-state index >= 15 is 0 Å². The summed E-state index contributed by atoms with van der Waals surface area (Å²) >= 11 is 1.20. The third-order valence-electron chi connectivity index (χ3n) is 2.41. The van der Waals surface area contributed by atoms with Gasteiger partial charge in [-0.2, -0.15) is 0 Å². The number of rotatable bonds is 5. The van der Waals surface area contributed by atoms with Crippen molar-refractivity contribution in [1.29, 1.82) is 0 Å². The summed E-state index contributed by atoms with van der Waals surface area (Å²) in [6.45, 7) is 0.243. The van der Waals surface area contributed by atoms with Gasteiger partial charge in [0, 0.05) is 24.5 Å². The second-order valence-electron chi connectivity index (χ2n) is 3.79. The molecule has 0 saturated heterocycles. The van der Waals surface area contributed by atoms with E-state index in [0.717, 1.165) is 6.20 Å². The van der Waals surface area contributed by atoms with Crippen LogP contribution in [0.1, 0.15) is 25.9 Å². The number of hydrogen-bond acceptors (Lipinski definition) is 5. The fourth-order valence-corrected chi connectivity index (χ4v) is 2.23. The number of carboxylic acid groups (broad SMARTS) is 1. The first-order valence-corrected chi connectivity index (χ1v) is 6.51. The van der Waals surface area contributed by atoms with Crippen LogP contribution in [-0.4, -0.2) is 33.5 Å². The van der Waals surface area contributed by atoms with Crippen LogP contribution in [0.15, 0.2) is 23.8 Å². The number of thiazole rings is 1. The lowest BCUT2D eigenvalue weighted by molar-refractivity contribution is 0.0690. The third kappa shape index (κ3) is 3.35. The van der Waals surface area contributed by atoms with Gasteiger partial charge in [-0.25, -0.2) is 14.2 Å². The van der Waals surface area contributed by atoms with E-state index in [9.17, 15) is 14.0 Å². The van der Waals surface area contributed by atoms with Crippen LogP contribution < -0.4 is 5.32 Å². The number of aromatic carboxylic acids is 1. The van der Waals surface area contributed by atoms with Crippen molar-refractivity contribution in [3.63, 3.8) is 0 Å². The van der Waals surface area contributed by atoms with E-state index in [1.54, 1.807) is 0 Å². The molecule has 0 aliphatic heterocycles. The predicted octanol–water partition coefficient (Wildman–Crippen LogP) is 1.35. The van der Waals surface area contributed by atoms with Gasteiger partial charge in [-0.3, -0.25) is 9.78 Å². The van der Waals surface area contributed by atoms with Crippen molar-refractivity contribution in [2.24, 2.45) is 0 Å². The molecule has 1 amide bonds. The minimum absolute atomic E-state index is 0.0171. The third-order valence-corrected chi connectivity index (χ3v) is 3.32. The van der Waals surface area contributed by atoms with Crippen LogP contribution in [0.2, 0.25) is 0 Å². The number of halogens is 1. The van der Waals surface area contributed by atoms with Crippen molar-refractivity contribution in [2.75, 3.05) is 6.54 Å². The van der Waals surface area contributed by atoms with E-state index in [1.165, 1.54) is 29.0 Å². The molecule has 0 aliphatic rings. The Hall–Kier alpha value is -2.35. The summed E-state index contributed by atoms with van der Waals surface area (Å²) in [5, 5.41) is 13.3. The van der Waals surface area contributed by atoms with Crippen LogP contribution in [0.4, 0.5) is 4.39 Å². The Morgan fingerprint density at radius 3 is 2.90 bits per heavy atom. The summed E-state index contributed by atoms with van der Waals surface area (Å²) < 4.78 is 13.3. The van der Waals surface area contributed by atoms with Gasteiger partial charge < -0.3 is 10.4 Å². The van der Waals surface area contributed by atoms with Crippen molar-refractivity contribution in [3.8, 4) is 0 Å². The highest BCUT2D eigenvalue weighted by Gasteiger charge is 2.12. The monoisotopic (exact) mass is 295 g/mol. The molecule has 0 aliphatic carbocycles. The van der Waals surface area contributed by atoms with Gasteiger partial charge in [0.05, 0.1) is 16.8 Å². The molecule has 2 rings (SSSR count). The van der Waals surface area contributed by atoms with Crippen molar-refractivity contribution in [1.82, 2.24) is 15.3 Å². The Balaban J connectivity index is 1.88. The summed E-state index contributed by atoms with van der Waals surface area (Å²) in [5.41, 5.74) is -0.0955. The van der Waals surface area contributed by atoms with Gasteiger partial charge in [0.15, 0.2) is 11.5 Å². The molecule has 2 N–H and O–H groups in total. The quantitative estimate of drug-likeness (QED) is 0.868. The highest BCUT2D eigenvalue weighted by Crippen LogP contribution is 2.10. The maximum atomic E-state index is 13.3. The number of aromatic nitrogens is 2. The Morgan fingerprint density at radius 1 is 1.45 bits per heavy atom. The molecule has 2 heterocycles. The fourth-order valence-electron chi connectivity index (χ4n) is 1.46. The van der Waals surface area contributed by atoms with Crippen LogP contribution in [0, 0.1) is 5.82 Å². The number of pyridine rings is 1. The zero-order chi connectivity index (χ0) is 14.5. The smallest absolute Gasteiger partial charge is 0.355 e. The summed E-state index contributed by atoms with van der Waals surface area (Å²) in [6, 6.07) is 1.29. The fraction of sp³-hybridized carbons (Fsp3) is 0.167. The number of carboxylic acids is 1. The Morgan fingerprint density at radius 2 is 2.25 bits per heavy atom. The lowest BCUT2D eigenvalue weighted by atomic mass is 10.2. The second kappa shape index (κ2) is 6.20. The van der Waals surface area contributed by atoms with E-state index < -0.39 is 17.7 Å². The first-order chi connectivity index (χ1) is 9.58. The van der Waals surface area contributed by atoms with Crippen LogP contribution in [0.5, 0.6) is 0 Å². The van der Waals surface area contributed by atoms with E-state index in [0.29, 0.717) is 11.4 Å². The molecule has 0 unspecified atom stereocenters. The molecule has 0 bridgehead atoms. The highest BCUT2D eigenvalue weighted by atomic mass is 32.1. The standard InChI is InChI=1S/C12H10FN3O3S/c13-8-5-14-3-1-7(8)11(17)15-4-2-10-16-9(6-20-10)12(18)19/h1,3,5-6H,2,4H2,(H,15,17)(H,18,19). The minimum atomic E-state index is -1.09. The molecule has 2 aromatic heterocycles. The lowest BCUT2D eigenvalue weighted by Gasteiger charge is -2.04. The van der Waals surface area contributed by atoms with Gasteiger partial charge >= 0.3 is 5.97 Å². The topological polar surface area (TPSA) is 92.2 Å². The van der Waals surface area contributed by atoms with E-state index in [-0.39, 0.29) is 17.8 Å². The average molecular weight is 295 g/mol. The molecule has 0 fully saturated rings. The van der Waals surface area contributed by atoms with Crippen molar-refractivity contribution >= 4 is 23.2 Å². The van der Waals surface area contributed by atoms with Gasteiger partial charge in [-0.05, 0) is 6.07 Å². The first kappa shape index (κ1) is 14.1. The summed E-state index contributed by atoms with van der Waals surface area (Å²) in [4.78, 5) is 29.8. The van der Waals surface area contributed by atoms with Gasteiger partial charge in [0.2, 0.25) is 0 Å². The molecule has 0 saturated carbocycles. The number of hydrogen-bond donors (Lipinski definition) is 2. The predicted molar refractivity (Wildman–Crippen MR) is 69.3 cm³/mol. The number of nitrogens with one attached hydrogen (secondary N) is 1. The lowest BCUT2D eigenvalue weighted by Crippen LogP contribution is -2.26. The van der Waals surface area contributed by atoms with Gasteiger partial charge in [0.25, 0.3) is 5.91 Å². The van der Waals surface area contributed by atoms with E-state index in [1.807, 2.05) is 0 Å². The summed E-state index contributed by atoms with van der Waals surface area (Å²) in [5.74, 6) is -2.32. The zero-order valence-electron chi connectivity index (χ0n) is 10.2. The average Bonchev–Trinajstić information content (AvgIpc) is 2.88. The van der Waals surface area contributed by atoms with Crippen molar-refractivity contribution in [3.05, 3.63) is 45.9 Å². The van der Waals surface area contributed by atoms with Crippen molar-refractivity contribution in [2.45, 2.75) is 6.42 Å². The molecule has 20 heavy (non-hydrogen) atoms. The minimum Gasteiger partial charge on any atom is -0.476 e. The summed E-state index contributed by atoms with van der Waals surface area (Å²) in [7, 11) is 0. The first-order valence-electron chi connectivity index (χ1n) is 5.63. The van der Waals surface area contributed by atoms with Gasteiger partial charge in [-0.1, -0.05) is 0 Å². The normalized spacial score (nSPS) is 10.2. The Kier molecular flexibility index (Phi) is 4.36. The molecule has 2 aromatic rings. The number of carbonyl (C=O) groups excluding carboxylic acids is 1. The van der Waals surface area contributed by atoms with Crippen LogP contribution in [-0.2, 0) is 6.42 Å². The largest absolute Gasteiger partial charge is 0.476 e. The SMILES string of the molecule is O=C(O)c1csc(CCNC(=O)c2ccncc2F)n1. The Bertz CT molecular complexity index is 644. The Labute approximate surface area is 117 Å². The molecule has 8 heteroatoms. The van der Waals surface area contributed by atoms with Crippen LogP contribution in [0.25, 0.3) is 0 Å². The van der Waals surface area contributed by atoms with Crippen LogP contribution >= 0.6 is 11.3 Å². The molecule has 6 nitrogen and oxygen atoms in total.